The summed E-state index contributed by atoms with van der Waals surface area (Å²) in [7, 11) is 3.18. The van der Waals surface area contributed by atoms with Gasteiger partial charge in [0, 0.05) is 17.5 Å². The Labute approximate surface area is 183 Å². The summed E-state index contributed by atoms with van der Waals surface area (Å²) in [6.45, 7) is 1.08. The molecule has 2 heterocycles. The molecule has 0 radical (unpaired) electrons. The number of carbonyl (C=O) groups is 1. The van der Waals surface area contributed by atoms with Gasteiger partial charge in [-0.15, -0.1) is 11.3 Å². The first-order valence-corrected chi connectivity index (χ1v) is 10.4. The fourth-order valence-corrected chi connectivity index (χ4v) is 3.81. The number of carbonyl (C=O) groups excluding carboxylic acids is 1. The number of thiazole rings is 1. The summed E-state index contributed by atoms with van der Waals surface area (Å²) in [4.78, 5) is 20.9. The first-order valence-electron chi connectivity index (χ1n) is 9.52. The number of methoxy groups -OCH3 is 2. The summed E-state index contributed by atoms with van der Waals surface area (Å²) in [5.41, 5.74) is 3.37. The molecule has 8 nitrogen and oxygen atoms in total. The lowest BCUT2D eigenvalue weighted by Crippen LogP contribution is -2.23. The standard InChI is InChI=1S/C22H21N5O3S/c1-29-19-8-7-17(9-20(19)30-2)22-26-18(12-31-22)21(28)24-10-15-3-5-16(6-4-15)11-27-14-23-13-25-27/h3-9,12-14H,10-11H2,1-2H3,(H,24,28). The van der Waals surface area contributed by atoms with Crippen LogP contribution in [0.3, 0.4) is 0 Å². The van der Waals surface area contributed by atoms with E-state index < -0.39 is 0 Å². The Balaban J connectivity index is 1.37. The molecule has 1 amide bonds. The van der Waals surface area contributed by atoms with Crippen molar-refractivity contribution in [2.75, 3.05) is 14.2 Å². The van der Waals surface area contributed by atoms with E-state index in [-0.39, 0.29) is 5.91 Å². The molecule has 0 aliphatic rings. The predicted octanol–water partition coefficient (Wildman–Crippen LogP) is 3.40. The number of benzene rings is 2. The normalized spacial score (nSPS) is 10.6. The molecule has 0 atom stereocenters. The molecule has 1 N–H and O–H groups in total. The van der Waals surface area contributed by atoms with Crippen molar-refractivity contribution in [3.63, 3.8) is 0 Å². The largest absolute Gasteiger partial charge is 0.493 e. The molecule has 0 saturated heterocycles. The van der Waals surface area contributed by atoms with E-state index in [1.807, 2.05) is 42.5 Å². The molecule has 2 aromatic heterocycles. The highest BCUT2D eigenvalue weighted by Crippen LogP contribution is 2.33. The van der Waals surface area contributed by atoms with Gasteiger partial charge in [0.25, 0.3) is 5.91 Å². The summed E-state index contributed by atoms with van der Waals surface area (Å²) in [5.74, 6) is 1.05. The molecule has 2 aromatic carbocycles. The second kappa shape index (κ2) is 9.40. The van der Waals surface area contributed by atoms with Gasteiger partial charge in [0.2, 0.25) is 0 Å². The van der Waals surface area contributed by atoms with Crippen LogP contribution in [0.2, 0.25) is 0 Å². The maximum atomic E-state index is 12.5. The highest BCUT2D eigenvalue weighted by molar-refractivity contribution is 7.13. The zero-order valence-corrected chi connectivity index (χ0v) is 17.9. The molecule has 0 saturated carbocycles. The van der Waals surface area contributed by atoms with E-state index in [1.54, 1.807) is 30.6 Å². The maximum Gasteiger partial charge on any atom is 0.271 e. The van der Waals surface area contributed by atoms with Crippen LogP contribution in [0.25, 0.3) is 10.6 Å². The summed E-state index contributed by atoms with van der Waals surface area (Å²) < 4.78 is 12.4. The summed E-state index contributed by atoms with van der Waals surface area (Å²) >= 11 is 1.41. The number of rotatable bonds is 8. The number of ether oxygens (including phenoxy) is 2. The van der Waals surface area contributed by atoms with Crippen LogP contribution in [0, 0.1) is 0 Å². The fourth-order valence-electron chi connectivity index (χ4n) is 3.02. The van der Waals surface area contributed by atoms with E-state index in [0.29, 0.717) is 30.3 Å². The molecule has 0 spiro atoms. The Morgan fingerprint density at radius 1 is 1.06 bits per heavy atom. The number of hydrogen-bond acceptors (Lipinski definition) is 7. The van der Waals surface area contributed by atoms with Crippen LogP contribution in [0.5, 0.6) is 11.5 Å². The van der Waals surface area contributed by atoms with Crippen LogP contribution >= 0.6 is 11.3 Å². The molecule has 0 bridgehead atoms. The van der Waals surface area contributed by atoms with Crippen LogP contribution in [-0.4, -0.2) is 39.9 Å². The van der Waals surface area contributed by atoms with Gasteiger partial charge in [0.1, 0.15) is 23.4 Å². The first-order chi connectivity index (χ1) is 15.2. The third kappa shape index (κ3) is 4.89. The van der Waals surface area contributed by atoms with E-state index in [1.165, 1.54) is 17.7 Å². The summed E-state index contributed by atoms with van der Waals surface area (Å²) in [5, 5.41) is 9.51. The molecule has 0 fully saturated rings. The lowest BCUT2D eigenvalue weighted by Gasteiger charge is -2.08. The van der Waals surface area contributed by atoms with Crippen molar-refractivity contribution in [1.82, 2.24) is 25.1 Å². The second-order valence-corrected chi connectivity index (χ2v) is 7.56. The van der Waals surface area contributed by atoms with Crippen LogP contribution in [0.1, 0.15) is 21.6 Å². The van der Waals surface area contributed by atoms with Gasteiger partial charge in [-0.25, -0.2) is 14.6 Å². The van der Waals surface area contributed by atoms with Crippen molar-refractivity contribution in [2.24, 2.45) is 0 Å². The average Bonchev–Trinajstić information content (AvgIpc) is 3.50. The van der Waals surface area contributed by atoms with Crippen molar-refractivity contribution < 1.29 is 14.3 Å². The molecular weight excluding hydrogens is 414 g/mol. The topological polar surface area (TPSA) is 91.2 Å². The summed E-state index contributed by atoms with van der Waals surface area (Å²) in [6, 6.07) is 13.6. The smallest absolute Gasteiger partial charge is 0.271 e. The van der Waals surface area contributed by atoms with E-state index >= 15 is 0 Å². The van der Waals surface area contributed by atoms with Crippen molar-refractivity contribution in [3.05, 3.63) is 77.3 Å². The van der Waals surface area contributed by atoms with Gasteiger partial charge < -0.3 is 14.8 Å². The van der Waals surface area contributed by atoms with E-state index in [9.17, 15) is 4.79 Å². The van der Waals surface area contributed by atoms with E-state index in [0.717, 1.165) is 21.7 Å². The van der Waals surface area contributed by atoms with Gasteiger partial charge in [-0.05, 0) is 29.3 Å². The third-order valence-electron chi connectivity index (χ3n) is 4.65. The van der Waals surface area contributed by atoms with E-state index in [4.69, 9.17) is 9.47 Å². The van der Waals surface area contributed by atoms with Crippen molar-refractivity contribution in [1.29, 1.82) is 0 Å². The molecule has 0 aliphatic carbocycles. The monoisotopic (exact) mass is 435 g/mol. The zero-order chi connectivity index (χ0) is 21.6. The first kappa shape index (κ1) is 20.5. The van der Waals surface area contributed by atoms with Gasteiger partial charge in [0.05, 0.1) is 20.8 Å². The Morgan fingerprint density at radius 2 is 1.84 bits per heavy atom. The quantitative estimate of drug-likeness (QED) is 0.456. The SMILES string of the molecule is COc1ccc(-c2nc(C(=O)NCc3ccc(Cn4cncn4)cc3)cs2)cc1OC. The zero-order valence-electron chi connectivity index (χ0n) is 17.1. The van der Waals surface area contributed by atoms with Crippen molar-refractivity contribution in [3.8, 4) is 22.1 Å². The molecule has 31 heavy (non-hydrogen) atoms. The third-order valence-corrected chi connectivity index (χ3v) is 5.55. The van der Waals surface area contributed by atoms with Crippen LogP contribution in [-0.2, 0) is 13.1 Å². The second-order valence-electron chi connectivity index (χ2n) is 6.70. The minimum absolute atomic E-state index is 0.213. The maximum absolute atomic E-state index is 12.5. The van der Waals surface area contributed by atoms with Crippen molar-refractivity contribution >= 4 is 17.2 Å². The van der Waals surface area contributed by atoms with Crippen LogP contribution < -0.4 is 14.8 Å². The van der Waals surface area contributed by atoms with Gasteiger partial charge in [-0.3, -0.25) is 4.79 Å². The Kier molecular flexibility index (Phi) is 6.23. The van der Waals surface area contributed by atoms with Gasteiger partial charge in [-0.1, -0.05) is 24.3 Å². The highest BCUT2D eigenvalue weighted by atomic mass is 32.1. The van der Waals surface area contributed by atoms with Gasteiger partial charge in [0.15, 0.2) is 11.5 Å². The Morgan fingerprint density at radius 3 is 2.55 bits per heavy atom. The Hall–Kier alpha value is -3.72. The van der Waals surface area contributed by atoms with E-state index in [2.05, 4.69) is 20.4 Å². The lowest BCUT2D eigenvalue weighted by atomic mass is 10.1. The average molecular weight is 436 g/mol. The molecular formula is C22H21N5O3S. The minimum atomic E-state index is -0.213. The molecule has 158 valence electrons. The number of amides is 1. The van der Waals surface area contributed by atoms with Crippen LogP contribution in [0.4, 0.5) is 0 Å². The lowest BCUT2D eigenvalue weighted by molar-refractivity contribution is 0.0946. The minimum Gasteiger partial charge on any atom is -0.493 e. The summed E-state index contributed by atoms with van der Waals surface area (Å²) in [6.07, 6.45) is 3.19. The number of aromatic nitrogens is 4. The Bertz CT molecular complexity index is 1160. The van der Waals surface area contributed by atoms with Crippen LogP contribution in [0.15, 0.2) is 60.5 Å². The molecule has 4 rings (SSSR count). The van der Waals surface area contributed by atoms with Crippen molar-refractivity contribution in [2.45, 2.75) is 13.1 Å². The number of nitrogens with zero attached hydrogens (tertiary/aromatic N) is 4. The molecule has 9 heteroatoms. The van der Waals surface area contributed by atoms with Gasteiger partial charge in [-0.2, -0.15) is 5.10 Å². The molecule has 0 unspecified atom stereocenters. The fraction of sp³-hybridized carbons (Fsp3) is 0.182. The molecule has 0 aliphatic heterocycles. The number of hydrogen-bond donors (Lipinski definition) is 1. The van der Waals surface area contributed by atoms with Gasteiger partial charge >= 0.3 is 0 Å². The molecule has 4 aromatic rings. The highest BCUT2D eigenvalue weighted by Gasteiger charge is 2.13. The number of nitrogens with one attached hydrogen (secondary N) is 1. The predicted molar refractivity (Wildman–Crippen MR) is 117 cm³/mol.